The molecule has 1 amide bonds. The second kappa shape index (κ2) is 8.02. The second-order valence-corrected chi connectivity index (χ2v) is 6.14. The smallest absolute Gasteiger partial charge is 0.224 e. The first-order chi connectivity index (χ1) is 11.0. The third-order valence-electron chi connectivity index (χ3n) is 3.51. The zero-order valence-electron chi connectivity index (χ0n) is 13.5. The number of amides is 1. The van der Waals surface area contributed by atoms with Crippen molar-refractivity contribution in [3.05, 3.63) is 52.0 Å². The van der Waals surface area contributed by atoms with Crippen LogP contribution in [-0.4, -0.2) is 20.1 Å². The van der Waals surface area contributed by atoms with Gasteiger partial charge in [-0.15, -0.1) is 0 Å². The number of carbonyl (C=O) groups is 1. The molecule has 122 valence electrons. The Balaban J connectivity index is 1.99. The molecule has 0 unspecified atom stereocenters. The lowest BCUT2D eigenvalue weighted by molar-refractivity contribution is -0.116. The van der Waals surface area contributed by atoms with Gasteiger partial charge >= 0.3 is 0 Å². The molecule has 0 aliphatic carbocycles. The highest BCUT2D eigenvalue weighted by Crippen LogP contribution is 2.24. The molecule has 23 heavy (non-hydrogen) atoms. The van der Waals surface area contributed by atoms with Crippen LogP contribution in [-0.2, 0) is 11.2 Å². The standard InChI is InChI=1S/C18H20BrNO3/c1-12-8-14(19)5-6-17(12)20-18(21)7-4-13-9-15(22-2)11-16(10-13)23-3/h5-6,8-11H,4,7H2,1-3H3,(H,20,21). The van der Waals surface area contributed by atoms with Gasteiger partial charge in [0.15, 0.2) is 0 Å². The first kappa shape index (κ1) is 17.3. The molecule has 0 aliphatic rings. The van der Waals surface area contributed by atoms with E-state index in [-0.39, 0.29) is 5.91 Å². The molecule has 0 spiro atoms. The number of anilines is 1. The Morgan fingerprint density at radius 3 is 2.30 bits per heavy atom. The van der Waals surface area contributed by atoms with Crippen LogP contribution in [0.25, 0.3) is 0 Å². The summed E-state index contributed by atoms with van der Waals surface area (Å²) in [6.07, 6.45) is 1.01. The van der Waals surface area contributed by atoms with Crippen LogP contribution in [0, 0.1) is 6.92 Å². The number of methoxy groups -OCH3 is 2. The summed E-state index contributed by atoms with van der Waals surface area (Å²) < 4.78 is 11.5. The number of ether oxygens (including phenoxy) is 2. The van der Waals surface area contributed by atoms with E-state index >= 15 is 0 Å². The Labute approximate surface area is 144 Å². The lowest BCUT2D eigenvalue weighted by Gasteiger charge is -2.10. The summed E-state index contributed by atoms with van der Waals surface area (Å²) in [5, 5.41) is 2.94. The SMILES string of the molecule is COc1cc(CCC(=O)Nc2ccc(Br)cc2C)cc(OC)c1. The van der Waals surface area contributed by atoms with E-state index in [1.807, 2.05) is 43.3 Å². The molecule has 4 nitrogen and oxygen atoms in total. The van der Waals surface area contributed by atoms with Gasteiger partial charge in [0, 0.05) is 22.6 Å². The predicted octanol–water partition coefficient (Wildman–Crippen LogP) is 4.35. The zero-order chi connectivity index (χ0) is 16.8. The molecular weight excluding hydrogens is 358 g/mol. The van der Waals surface area contributed by atoms with E-state index in [1.165, 1.54) is 0 Å². The largest absolute Gasteiger partial charge is 0.497 e. The molecule has 0 radical (unpaired) electrons. The highest BCUT2D eigenvalue weighted by molar-refractivity contribution is 9.10. The van der Waals surface area contributed by atoms with Gasteiger partial charge in [0.2, 0.25) is 5.91 Å². The van der Waals surface area contributed by atoms with Crippen molar-refractivity contribution in [2.75, 3.05) is 19.5 Å². The topological polar surface area (TPSA) is 47.6 Å². The molecule has 2 aromatic carbocycles. The van der Waals surface area contributed by atoms with E-state index in [2.05, 4.69) is 21.2 Å². The molecule has 0 atom stereocenters. The lowest BCUT2D eigenvalue weighted by atomic mass is 10.1. The normalized spacial score (nSPS) is 10.3. The molecular formula is C18H20BrNO3. The van der Waals surface area contributed by atoms with Crippen LogP contribution in [0.15, 0.2) is 40.9 Å². The highest BCUT2D eigenvalue weighted by Gasteiger charge is 2.08. The van der Waals surface area contributed by atoms with Gasteiger partial charge in [0.25, 0.3) is 0 Å². The van der Waals surface area contributed by atoms with Gasteiger partial charge < -0.3 is 14.8 Å². The minimum Gasteiger partial charge on any atom is -0.497 e. The maximum atomic E-state index is 12.1. The van der Waals surface area contributed by atoms with Gasteiger partial charge in [-0.25, -0.2) is 0 Å². The van der Waals surface area contributed by atoms with Gasteiger partial charge in [-0.2, -0.15) is 0 Å². The molecule has 0 heterocycles. The Hall–Kier alpha value is -2.01. The Morgan fingerprint density at radius 1 is 1.09 bits per heavy atom. The number of aryl methyl sites for hydroxylation is 2. The van der Waals surface area contributed by atoms with E-state index in [4.69, 9.17) is 9.47 Å². The summed E-state index contributed by atoms with van der Waals surface area (Å²) in [5.74, 6) is 1.43. The van der Waals surface area contributed by atoms with Crippen molar-refractivity contribution in [1.82, 2.24) is 0 Å². The van der Waals surface area contributed by atoms with Crippen molar-refractivity contribution in [2.24, 2.45) is 0 Å². The number of halogens is 1. The van der Waals surface area contributed by atoms with Crippen LogP contribution >= 0.6 is 15.9 Å². The Bertz CT molecular complexity index is 678. The van der Waals surface area contributed by atoms with Crippen LogP contribution < -0.4 is 14.8 Å². The second-order valence-electron chi connectivity index (χ2n) is 5.23. The fourth-order valence-corrected chi connectivity index (χ4v) is 2.72. The summed E-state index contributed by atoms with van der Waals surface area (Å²) >= 11 is 3.41. The summed E-state index contributed by atoms with van der Waals surface area (Å²) in [4.78, 5) is 12.1. The van der Waals surface area contributed by atoms with Gasteiger partial charge in [-0.05, 0) is 54.8 Å². The van der Waals surface area contributed by atoms with Crippen molar-refractivity contribution in [2.45, 2.75) is 19.8 Å². The van der Waals surface area contributed by atoms with Crippen LogP contribution in [0.5, 0.6) is 11.5 Å². The Kier molecular flexibility index (Phi) is 6.04. The van der Waals surface area contributed by atoms with E-state index in [9.17, 15) is 4.79 Å². The number of carbonyl (C=O) groups excluding carboxylic acids is 1. The number of benzene rings is 2. The van der Waals surface area contributed by atoms with Crippen LogP contribution in [0.1, 0.15) is 17.5 Å². The fourth-order valence-electron chi connectivity index (χ4n) is 2.25. The van der Waals surface area contributed by atoms with Crippen LogP contribution in [0.4, 0.5) is 5.69 Å². The van der Waals surface area contributed by atoms with Crippen LogP contribution in [0.3, 0.4) is 0 Å². The average Bonchev–Trinajstić information content (AvgIpc) is 2.55. The molecule has 0 saturated heterocycles. The molecule has 2 rings (SSSR count). The number of rotatable bonds is 6. The molecule has 1 N–H and O–H groups in total. The van der Waals surface area contributed by atoms with E-state index in [0.29, 0.717) is 12.8 Å². The predicted molar refractivity (Wildman–Crippen MR) is 95.4 cm³/mol. The van der Waals surface area contributed by atoms with Gasteiger partial charge in [0.1, 0.15) is 11.5 Å². The monoisotopic (exact) mass is 377 g/mol. The van der Waals surface area contributed by atoms with Gasteiger partial charge in [-0.3, -0.25) is 4.79 Å². The van der Waals surface area contributed by atoms with E-state index in [1.54, 1.807) is 14.2 Å². The molecule has 0 bridgehead atoms. The first-order valence-electron chi connectivity index (χ1n) is 7.30. The highest BCUT2D eigenvalue weighted by atomic mass is 79.9. The minimum atomic E-state index is -0.0165. The molecule has 2 aromatic rings. The van der Waals surface area contributed by atoms with Crippen molar-refractivity contribution < 1.29 is 14.3 Å². The molecule has 0 fully saturated rings. The third kappa shape index (κ3) is 4.99. The maximum Gasteiger partial charge on any atom is 0.224 e. The van der Waals surface area contributed by atoms with Gasteiger partial charge in [-0.1, -0.05) is 15.9 Å². The first-order valence-corrected chi connectivity index (χ1v) is 8.09. The summed E-state index contributed by atoms with van der Waals surface area (Å²) in [6, 6.07) is 11.4. The Morgan fingerprint density at radius 2 is 1.74 bits per heavy atom. The maximum absolute atomic E-state index is 12.1. The lowest BCUT2D eigenvalue weighted by Crippen LogP contribution is -2.13. The fraction of sp³-hybridized carbons (Fsp3) is 0.278. The number of hydrogen-bond acceptors (Lipinski definition) is 3. The van der Waals surface area contributed by atoms with Crippen molar-refractivity contribution >= 4 is 27.5 Å². The third-order valence-corrected chi connectivity index (χ3v) is 4.01. The molecule has 0 saturated carbocycles. The molecule has 5 heteroatoms. The van der Waals surface area contributed by atoms with E-state index in [0.717, 1.165) is 32.8 Å². The van der Waals surface area contributed by atoms with Crippen molar-refractivity contribution in [1.29, 1.82) is 0 Å². The quantitative estimate of drug-likeness (QED) is 0.813. The van der Waals surface area contributed by atoms with Gasteiger partial charge in [0.05, 0.1) is 14.2 Å². The summed E-state index contributed by atoms with van der Waals surface area (Å²) in [7, 11) is 3.23. The zero-order valence-corrected chi connectivity index (χ0v) is 15.1. The minimum absolute atomic E-state index is 0.0165. The molecule has 0 aliphatic heterocycles. The van der Waals surface area contributed by atoms with Crippen molar-refractivity contribution in [3.63, 3.8) is 0 Å². The molecule has 0 aromatic heterocycles. The van der Waals surface area contributed by atoms with E-state index < -0.39 is 0 Å². The summed E-state index contributed by atoms with van der Waals surface area (Å²) in [6.45, 7) is 1.97. The number of nitrogens with one attached hydrogen (secondary N) is 1. The van der Waals surface area contributed by atoms with Crippen LogP contribution in [0.2, 0.25) is 0 Å². The average molecular weight is 378 g/mol. The van der Waals surface area contributed by atoms with Crippen molar-refractivity contribution in [3.8, 4) is 11.5 Å². The number of hydrogen-bond donors (Lipinski definition) is 1. The summed E-state index contributed by atoms with van der Waals surface area (Å²) in [5.41, 5.74) is 2.86.